The first kappa shape index (κ1) is 12.6. The molecule has 0 bridgehead atoms. The van der Waals surface area contributed by atoms with Crippen molar-refractivity contribution in [2.24, 2.45) is 18.7 Å². The summed E-state index contributed by atoms with van der Waals surface area (Å²) in [5.41, 5.74) is 8.25. The van der Waals surface area contributed by atoms with Crippen molar-refractivity contribution in [1.29, 1.82) is 0 Å². The van der Waals surface area contributed by atoms with E-state index in [9.17, 15) is 0 Å². The molecule has 0 radical (unpaired) electrons. The molecule has 2 aromatic rings. The molecule has 2 aromatic heterocycles. The molecule has 0 unspecified atom stereocenters. The number of aromatic nitrogens is 3. The van der Waals surface area contributed by atoms with E-state index in [-0.39, 0.29) is 5.54 Å². The summed E-state index contributed by atoms with van der Waals surface area (Å²) in [5, 5.41) is 0. The van der Waals surface area contributed by atoms with E-state index in [2.05, 4.69) is 27.5 Å². The van der Waals surface area contributed by atoms with Crippen LogP contribution in [-0.2, 0) is 12.6 Å². The Balaban J connectivity index is 1.98. The summed E-state index contributed by atoms with van der Waals surface area (Å²) in [5.74, 6) is 1.83. The molecule has 0 spiro atoms. The largest absolute Gasteiger partial charge is 0.328 e. The summed E-state index contributed by atoms with van der Waals surface area (Å²) in [6, 6.07) is 4.00. The van der Waals surface area contributed by atoms with Gasteiger partial charge in [-0.1, -0.05) is 13.3 Å². The Hall–Kier alpha value is -1.42. The van der Waals surface area contributed by atoms with Crippen LogP contribution < -0.4 is 5.73 Å². The molecule has 0 amide bonds. The number of nitrogens with two attached hydrogens (primary N) is 1. The lowest BCUT2D eigenvalue weighted by molar-refractivity contribution is 0.219. The van der Waals surface area contributed by atoms with Crippen molar-refractivity contribution < 1.29 is 0 Å². The van der Waals surface area contributed by atoms with E-state index in [4.69, 9.17) is 5.73 Å². The number of pyridine rings is 1. The Morgan fingerprint density at radius 1 is 1.42 bits per heavy atom. The number of imidazole rings is 1. The van der Waals surface area contributed by atoms with Gasteiger partial charge in [-0.05, 0) is 43.7 Å². The topological polar surface area (TPSA) is 56.7 Å². The van der Waals surface area contributed by atoms with Gasteiger partial charge >= 0.3 is 0 Å². The Kier molecular flexibility index (Phi) is 3.05. The fraction of sp³-hybridized carbons (Fsp3) is 0.600. The summed E-state index contributed by atoms with van der Waals surface area (Å²) in [7, 11) is 2.05. The monoisotopic (exact) mass is 258 g/mol. The van der Waals surface area contributed by atoms with Crippen LogP contribution in [0.2, 0.25) is 0 Å². The summed E-state index contributed by atoms with van der Waals surface area (Å²) in [4.78, 5) is 9.02. The van der Waals surface area contributed by atoms with Gasteiger partial charge in [0.15, 0.2) is 5.65 Å². The lowest BCUT2D eigenvalue weighted by Crippen LogP contribution is -2.42. The molecule has 4 heteroatoms. The van der Waals surface area contributed by atoms with Gasteiger partial charge in [0.25, 0.3) is 0 Å². The van der Waals surface area contributed by atoms with Crippen molar-refractivity contribution in [2.45, 2.75) is 44.6 Å². The molecule has 1 aliphatic rings. The Labute approximate surface area is 114 Å². The minimum Gasteiger partial charge on any atom is -0.328 e. The van der Waals surface area contributed by atoms with Crippen LogP contribution in [0.25, 0.3) is 11.2 Å². The number of hydrogen-bond acceptors (Lipinski definition) is 3. The first-order valence-electron chi connectivity index (χ1n) is 7.21. The van der Waals surface area contributed by atoms with E-state index >= 15 is 0 Å². The van der Waals surface area contributed by atoms with Crippen LogP contribution in [0.1, 0.15) is 44.9 Å². The highest BCUT2D eigenvalue weighted by Crippen LogP contribution is 2.38. The molecule has 0 aromatic carbocycles. The van der Waals surface area contributed by atoms with Crippen molar-refractivity contribution in [1.82, 2.24) is 14.5 Å². The van der Waals surface area contributed by atoms with E-state index in [1.54, 1.807) is 6.20 Å². The third-order valence-electron chi connectivity index (χ3n) is 4.68. The predicted molar refractivity (Wildman–Crippen MR) is 76.6 cm³/mol. The molecular weight excluding hydrogens is 236 g/mol. The second-order valence-corrected chi connectivity index (χ2v) is 5.85. The number of nitrogens with zero attached hydrogens (tertiary/aromatic N) is 3. The maximum Gasteiger partial charge on any atom is 0.177 e. The smallest absolute Gasteiger partial charge is 0.177 e. The minimum atomic E-state index is -0.277. The van der Waals surface area contributed by atoms with Crippen LogP contribution in [0, 0.1) is 5.92 Å². The van der Waals surface area contributed by atoms with Crippen LogP contribution in [0.4, 0.5) is 0 Å². The lowest BCUT2D eigenvalue weighted by Gasteiger charge is -2.36. The zero-order valence-electron chi connectivity index (χ0n) is 11.8. The van der Waals surface area contributed by atoms with Gasteiger partial charge in [0.2, 0.25) is 0 Å². The molecule has 1 fully saturated rings. The molecule has 2 heterocycles. The summed E-state index contributed by atoms with van der Waals surface area (Å²) in [6.07, 6.45) is 7.54. The molecule has 2 N–H and O–H groups in total. The van der Waals surface area contributed by atoms with E-state index in [1.165, 1.54) is 19.3 Å². The van der Waals surface area contributed by atoms with Gasteiger partial charge in [0, 0.05) is 13.2 Å². The summed E-state index contributed by atoms with van der Waals surface area (Å²) < 4.78 is 2.12. The number of aryl methyl sites for hydroxylation is 1. The summed E-state index contributed by atoms with van der Waals surface area (Å²) >= 11 is 0. The summed E-state index contributed by atoms with van der Waals surface area (Å²) in [6.45, 7) is 2.27. The van der Waals surface area contributed by atoms with E-state index < -0.39 is 0 Å². The highest BCUT2D eigenvalue weighted by Gasteiger charge is 2.36. The van der Waals surface area contributed by atoms with Gasteiger partial charge < -0.3 is 10.3 Å². The van der Waals surface area contributed by atoms with Crippen LogP contribution in [0.3, 0.4) is 0 Å². The van der Waals surface area contributed by atoms with Crippen LogP contribution in [0.5, 0.6) is 0 Å². The third-order valence-corrected chi connectivity index (χ3v) is 4.68. The average Bonchev–Trinajstić information content (AvgIpc) is 2.78. The van der Waals surface area contributed by atoms with E-state index in [0.29, 0.717) is 0 Å². The Morgan fingerprint density at radius 2 is 2.16 bits per heavy atom. The van der Waals surface area contributed by atoms with Crippen molar-refractivity contribution in [2.75, 3.05) is 0 Å². The number of hydrogen-bond donors (Lipinski definition) is 1. The van der Waals surface area contributed by atoms with Gasteiger partial charge in [-0.15, -0.1) is 0 Å². The molecular formula is C15H22N4. The zero-order valence-corrected chi connectivity index (χ0v) is 11.8. The van der Waals surface area contributed by atoms with Crippen LogP contribution in [0.15, 0.2) is 18.3 Å². The number of fused-ring (bicyclic) bond motifs is 1. The molecule has 0 atom stereocenters. The normalized spacial score (nSPS) is 27.8. The molecule has 0 saturated heterocycles. The van der Waals surface area contributed by atoms with Gasteiger partial charge in [-0.2, -0.15) is 0 Å². The maximum absolute atomic E-state index is 6.65. The third kappa shape index (κ3) is 2.04. The maximum atomic E-state index is 6.65. The average molecular weight is 258 g/mol. The molecule has 3 rings (SSSR count). The van der Waals surface area contributed by atoms with Gasteiger partial charge in [-0.25, -0.2) is 9.97 Å². The van der Waals surface area contributed by atoms with Gasteiger partial charge in [0.05, 0.1) is 11.1 Å². The molecule has 0 aliphatic heterocycles. The number of rotatable bonds is 2. The Morgan fingerprint density at radius 3 is 2.79 bits per heavy atom. The molecule has 1 saturated carbocycles. The van der Waals surface area contributed by atoms with E-state index in [0.717, 1.165) is 35.7 Å². The first-order chi connectivity index (χ1) is 9.14. The van der Waals surface area contributed by atoms with Crippen LogP contribution in [-0.4, -0.2) is 14.5 Å². The molecule has 102 valence electrons. The quantitative estimate of drug-likeness (QED) is 0.901. The fourth-order valence-corrected chi connectivity index (χ4v) is 3.30. The van der Waals surface area contributed by atoms with Gasteiger partial charge in [-0.3, -0.25) is 0 Å². The minimum absolute atomic E-state index is 0.277. The van der Waals surface area contributed by atoms with Crippen LogP contribution >= 0.6 is 0 Å². The molecule has 19 heavy (non-hydrogen) atoms. The second-order valence-electron chi connectivity index (χ2n) is 5.85. The predicted octanol–water partition coefficient (Wildman–Crippen LogP) is 2.72. The van der Waals surface area contributed by atoms with Gasteiger partial charge in [0.1, 0.15) is 5.82 Å². The Bertz CT molecular complexity index is 579. The lowest BCUT2D eigenvalue weighted by atomic mass is 9.75. The second kappa shape index (κ2) is 4.60. The fourth-order valence-electron chi connectivity index (χ4n) is 3.30. The van der Waals surface area contributed by atoms with Crippen molar-refractivity contribution >= 4 is 11.2 Å². The first-order valence-corrected chi connectivity index (χ1v) is 7.21. The molecule has 4 nitrogen and oxygen atoms in total. The van der Waals surface area contributed by atoms with E-state index in [1.807, 2.05) is 13.1 Å². The van der Waals surface area contributed by atoms with Crippen molar-refractivity contribution in [3.63, 3.8) is 0 Å². The SMILES string of the molecule is CCC1CCC(N)(c2nc3ncccc3n2C)CC1. The van der Waals surface area contributed by atoms with Crippen molar-refractivity contribution in [3.05, 3.63) is 24.2 Å². The van der Waals surface area contributed by atoms with Crippen molar-refractivity contribution in [3.8, 4) is 0 Å². The highest BCUT2D eigenvalue weighted by molar-refractivity contribution is 5.71. The zero-order chi connectivity index (χ0) is 13.5. The molecule has 1 aliphatic carbocycles. The highest BCUT2D eigenvalue weighted by atomic mass is 15.1. The standard InChI is InChI=1S/C15H22N4/c1-3-11-6-8-15(16,9-7-11)14-18-13-12(19(14)2)5-4-10-17-13/h4-5,10-11H,3,6-9,16H2,1-2H3.